The molecule has 0 bridgehead atoms. The third-order valence-corrected chi connectivity index (χ3v) is 5.10. The Morgan fingerprint density at radius 2 is 1.33 bits per heavy atom. The molecular formula is C23H32N2O2. The molecule has 0 saturated heterocycles. The normalized spacial score (nSPS) is 15.1. The highest BCUT2D eigenvalue weighted by atomic mass is 16.3. The van der Waals surface area contributed by atoms with Crippen molar-refractivity contribution < 1.29 is 9.90 Å². The summed E-state index contributed by atoms with van der Waals surface area (Å²) in [6.07, 6.45) is -0.243. The van der Waals surface area contributed by atoms with Gasteiger partial charge in [0.15, 0.2) is 0 Å². The second-order valence-corrected chi connectivity index (χ2v) is 7.66. The number of carbonyl (C=O) groups is 1. The van der Waals surface area contributed by atoms with Crippen molar-refractivity contribution in [3.05, 3.63) is 71.8 Å². The summed E-state index contributed by atoms with van der Waals surface area (Å²) in [5.74, 6) is -0.812. The van der Waals surface area contributed by atoms with E-state index in [9.17, 15) is 9.90 Å². The van der Waals surface area contributed by atoms with Gasteiger partial charge in [-0.1, -0.05) is 60.7 Å². The molecule has 3 N–H and O–H groups in total. The molecule has 0 saturated carbocycles. The van der Waals surface area contributed by atoms with Crippen LogP contribution in [0.5, 0.6) is 0 Å². The zero-order chi connectivity index (χ0) is 20.0. The molecule has 0 spiro atoms. The predicted molar refractivity (Wildman–Crippen MR) is 110 cm³/mol. The number of carbonyl (C=O) groups excluding carboxylic acids is 1. The summed E-state index contributed by atoms with van der Waals surface area (Å²) in [4.78, 5) is 14.6. The highest BCUT2D eigenvalue weighted by Gasteiger charge is 2.34. The minimum Gasteiger partial charge on any atom is -0.387 e. The Hall–Kier alpha value is -2.17. The van der Waals surface area contributed by atoms with Gasteiger partial charge in [0.2, 0.25) is 5.91 Å². The van der Waals surface area contributed by atoms with Crippen molar-refractivity contribution in [1.82, 2.24) is 4.90 Å². The van der Waals surface area contributed by atoms with E-state index in [1.54, 1.807) is 0 Å². The van der Waals surface area contributed by atoms with Gasteiger partial charge in [-0.2, -0.15) is 0 Å². The summed E-state index contributed by atoms with van der Waals surface area (Å²) in [7, 11) is 0. The zero-order valence-electron chi connectivity index (χ0n) is 16.7. The van der Waals surface area contributed by atoms with Crippen LogP contribution in [0, 0.1) is 0 Å². The Kier molecular flexibility index (Phi) is 7.57. The number of hydrogen-bond donors (Lipinski definition) is 2. The number of benzene rings is 2. The number of aliphatic hydroxyl groups is 1. The molecule has 0 fully saturated rings. The molecule has 146 valence electrons. The number of aliphatic hydroxyl groups excluding tert-OH is 1. The summed E-state index contributed by atoms with van der Waals surface area (Å²) >= 11 is 0. The standard InChI is InChI=1S/C23H32N2O2/c1-16(2)25(17(3)4)21(22(26)19-13-9-6-10-14-19)15-20(23(24)27)18-11-7-5-8-12-18/h5-14,16-17,20-22,26H,15H2,1-4H3,(H2,24,27). The Bertz CT molecular complexity index is 693. The van der Waals surface area contributed by atoms with E-state index < -0.39 is 12.0 Å². The minimum atomic E-state index is -0.707. The smallest absolute Gasteiger partial charge is 0.225 e. The van der Waals surface area contributed by atoms with E-state index in [1.165, 1.54) is 0 Å². The lowest BCUT2D eigenvalue weighted by molar-refractivity contribution is -0.120. The average Bonchev–Trinajstić information content (AvgIpc) is 2.64. The first-order valence-electron chi connectivity index (χ1n) is 9.67. The van der Waals surface area contributed by atoms with E-state index in [2.05, 4.69) is 32.6 Å². The van der Waals surface area contributed by atoms with Crippen LogP contribution in [0.2, 0.25) is 0 Å². The van der Waals surface area contributed by atoms with Crippen LogP contribution in [0.3, 0.4) is 0 Å². The molecule has 3 atom stereocenters. The summed E-state index contributed by atoms with van der Waals surface area (Å²) < 4.78 is 0. The van der Waals surface area contributed by atoms with Crippen LogP contribution < -0.4 is 5.73 Å². The van der Waals surface area contributed by atoms with Crippen LogP contribution in [0.1, 0.15) is 57.3 Å². The van der Waals surface area contributed by atoms with Crippen molar-refractivity contribution in [2.75, 3.05) is 0 Å². The van der Waals surface area contributed by atoms with Gasteiger partial charge >= 0.3 is 0 Å². The third-order valence-electron chi connectivity index (χ3n) is 5.10. The Balaban J connectivity index is 2.43. The molecule has 0 aliphatic carbocycles. The average molecular weight is 369 g/mol. The highest BCUT2D eigenvalue weighted by Crippen LogP contribution is 2.32. The Labute approximate surface area is 163 Å². The van der Waals surface area contributed by atoms with Gasteiger partial charge in [-0.3, -0.25) is 9.69 Å². The fourth-order valence-electron chi connectivity index (χ4n) is 3.99. The first-order chi connectivity index (χ1) is 12.8. The van der Waals surface area contributed by atoms with Gasteiger partial charge in [-0.05, 0) is 45.2 Å². The maximum Gasteiger partial charge on any atom is 0.225 e. The first-order valence-corrected chi connectivity index (χ1v) is 9.67. The van der Waals surface area contributed by atoms with Crippen molar-refractivity contribution in [3.63, 3.8) is 0 Å². The SMILES string of the molecule is CC(C)N(C(C)C)C(CC(C(N)=O)c1ccccc1)C(O)c1ccccc1. The second kappa shape index (κ2) is 9.67. The zero-order valence-corrected chi connectivity index (χ0v) is 16.7. The van der Waals surface area contributed by atoms with Gasteiger partial charge in [0, 0.05) is 18.1 Å². The van der Waals surface area contributed by atoms with Crippen molar-refractivity contribution in [3.8, 4) is 0 Å². The Morgan fingerprint density at radius 1 is 0.889 bits per heavy atom. The Morgan fingerprint density at radius 3 is 1.74 bits per heavy atom. The van der Waals surface area contributed by atoms with Crippen LogP contribution in [-0.2, 0) is 4.79 Å². The van der Waals surface area contributed by atoms with Crippen LogP contribution in [-0.4, -0.2) is 34.0 Å². The molecule has 2 rings (SSSR count). The van der Waals surface area contributed by atoms with Crippen LogP contribution >= 0.6 is 0 Å². The number of nitrogens with zero attached hydrogens (tertiary/aromatic N) is 1. The van der Waals surface area contributed by atoms with E-state index in [4.69, 9.17) is 5.73 Å². The molecule has 27 heavy (non-hydrogen) atoms. The largest absolute Gasteiger partial charge is 0.387 e. The fraction of sp³-hybridized carbons (Fsp3) is 0.435. The summed E-state index contributed by atoms with van der Waals surface area (Å²) in [5, 5.41) is 11.2. The third kappa shape index (κ3) is 5.41. The van der Waals surface area contributed by atoms with Gasteiger partial charge < -0.3 is 10.8 Å². The topological polar surface area (TPSA) is 66.6 Å². The van der Waals surface area contributed by atoms with Crippen molar-refractivity contribution in [1.29, 1.82) is 0 Å². The van der Waals surface area contributed by atoms with Gasteiger partial charge in [-0.15, -0.1) is 0 Å². The summed E-state index contributed by atoms with van der Waals surface area (Å²) in [6, 6.07) is 19.5. The molecule has 0 heterocycles. The lowest BCUT2D eigenvalue weighted by atomic mass is 9.86. The number of primary amides is 1. The van der Waals surface area contributed by atoms with Gasteiger partial charge in [0.25, 0.3) is 0 Å². The predicted octanol–water partition coefficient (Wildman–Crippen LogP) is 3.87. The maximum absolute atomic E-state index is 12.3. The van der Waals surface area contributed by atoms with Crippen LogP contribution in [0.4, 0.5) is 0 Å². The summed E-state index contributed by atoms with van der Waals surface area (Å²) in [5.41, 5.74) is 7.51. The van der Waals surface area contributed by atoms with E-state index >= 15 is 0 Å². The van der Waals surface area contributed by atoms with Gasteiger partial charge in [0.05, 0.1) is 12.0 Å². The van der Waals surface area contributed by atoms with Gasteiger partial charge in [-0.25, -0.2) is 0 Å². The molecule has 0 aliphatic rings. The molecule has 0 aliphatic heterocycles. The molecule has 0 radical (unpaired) electrons. The number of rotatable bonds is 9. The van der Waals surface area contributed by atoms with E-state index in [0.717, 1.165) is 11.1 Å². The van der Waals surface area contributed by atoms with Crippen molar-refractivity contribution >= 4 is 5.91 Å². The molecule has 2 aromatic carbocycles. The van der Waals surface area contributed by atoms with Gasteiger partial charge in [0.1, 0.15) is 0 Å². The fourth-order valence-corrected chi connectivity index (χ4v) is 3.99. The second-order valence-electron chi connectivity index (χ2n) is 7.66. The van der Waals surface area contributed by atoms with E-state index in [0.29, 0.717) is 6.42 Å². The monoisotopic (exact) mass is 368 g/mol. The molecule has 3 unspecified atom stereocenters. The maximum atomic E-state index is 12.3. The molecule has 4 heteroatoms. The lowest BCUT2D eigenvalue weighted by Gasteiger charge is -2.42. The molecule has 1 amide bonds. The molecular weight excluding hydrogens is 336 g/mol. The number of amides is 1. The highest BCUT2D eigenvalue weighted by molar-refractivity contribution is 5.82. The lowest BCUT2D eigenvalue weighted by Crippen LogP contribution is -2.49. The molecule has 2 aromatic rings. The summed E-state index contributed by atoms with van der Waals surface area (Å²) in [6.45, 7) is 8.47. The number of hydrogen-bond acceptors (Lipinski definition) is 3. The van der Waals surface area contributed by atoms with Crippen LogP contribution in [0.15, 0.2) is 60.7 Å². The van der Waals surface area contributed by atoms with E-state index in [-0.39, 0.29) is 24.0 Å². The molecule has 0 aromatic heterocycles. The van der Waals surface area contributed by atoms with Crippen LogP contribution in [0.25, 0.3) is 0 Å². The first kappa shape index (κ1) is 21.1. The quantitative estimate of drug-likeness (QED) is 0.706. The number of nitrogens with two attached hydrogens (primary N) is 1. The van der Waals surface area contributed by atoms with Crippen molar-refractivity contribution in [2.24, 2.45) is 5.73 Å². The van der Waals surface area contributed by atoms with E-state index in [1.807, 2.05) is 60.7 Å². The minimum absolute atomic E-state index is 0.220. The molecule has 4 nitrogen and oxygen atoms in total. The van der Waals surface area contributed by atoms with Crippen molar-refractivity contribution in [2.45, 2.75) is 64.3 Å².